The minimum Gasteiger partial charge on any atom is -0.445 e. The number of ether oxygens (including phenoxy) is 2. The van der Waals surface area contributed by atoms with E-state index in [0.29, 0.717) is 11.2 Å². The van der Waals surface area contributed by atoms with Crippen LogP contribution in [0.5, 0.6) is 0 Å². The van der Waals surface area contributed by atoms with Crippen molar-refractivity contribution in [3.05, 3.63) is 23.2 Å². The third-order valence-corrected chi connectivity index (χ3v) is 4.29. The Morgan fingerprint density at radius 2 is 2.55 bits per heavy atom. The van der Waals surface area contributed by atoms with Crippen LogP contribution in [0.25, 0.3) is 0 Å². The van der Waals surface area contributed by atoms with Gasteiger partial charge in [-0.1, -0.05) is 12.7 Å². The van der Waals surface area contributed by atoms with Crippen LogP contribution in [0.15, 0.2) is 12.7 Å². The van der Waals surface area contributed by atoms with Crippen LogP contribution in [-0.2, 0) is 22.4 Å². The number of amides is 1. The second kappa shape index (κ2) is 5.90. The molecule has 3 heterocycles. The van der Waals surface area contributed by atoms with Gasteiger partial charge in [0.2, 0.25) is 0 Å². The summed E-state index contributed by atoms with van der Waals surface area (Å²) in [5.74, 6) is 0. The van der Waals surface area contributed by atoms with Gasteiger partial charge in [0.05, 0.1) is 18.4 Å². The van der Waals surface area contributed by atoms with Gasteiger partial charge in [-0.05, 0) is 6.42 Å². The van der Waals surface area contributed by atoms with Crippen LogP contribution < -0.4 is 5.32 Å². The van der Waals surface area contributed by atoms with E-state index in [2.05, 4.69) is 21.8 Å². The van der Waals surface area contributed by atoms with Crippen LogP contribution in [0.2, 0.25) is 0 Å². The van der Waals surface area contributed by atoms with Crippen LogP contribution >= 0.6 is 11.3 Å². The third-order valence-electron chi connectivity index (χ3n) is 3.21. The molecule has 1 aromatic rings. The highest BCUT2D eigenvalue weighted by Gasteiger charge is 2.28. The van der Waals surface area contributed by atoms with Gasteiger partial charge >= 0.3 is 6.09 Å². The van der Waals surface area contributed by atoms with Crippen LogP contribution in [0.3, 0.4) is 0 Å². The maximum Gasteiger partial charge on any atom is 0.413 e. The molecule has 7 heteroatoms. The van der Waals surface area contributed by atoms with Gasteiger partial charge in [-0.3, -0.25) is 10.2 Å². The average Bonchev–Trinajstić information content (AvgIpc) is 3.14. The molecular weight excluding hydrogens is 278 g/mol. The van der Waals surface area contributed by atoms with Crippen molar-refractivity contribution in [3.63, 3.8) is 0 Å². The van der Waals surface area contributed by atoms with Crippen LogP contribution in [-0.4, -0.2) is 48.4 Å². The molecule has 3 rings (SSSR count). The highest BCUT2D eigenvalue weighted by atomic mass is 32.1. The van der Waals surface area contributed by atoms with Gasteiger partial charge in [0.15, 0.2) is 5.13 Å². The Kier molecular flexibility index (Phi) is 4.00. The van der Waals surface area contributed by atoms with E-state index in [1.807, 2.05) is 0 Å². The van der Waals surface area contributed by atoms with E-state index in [1.54, 1.807) is 0 Å². The van der Waals surface area contributed by atoms with Gasteiger partial charge in [0.1, 0.15) is 6.61 Å². The summed E-state index contributed by atoms with van der Waals surface area (Å²) in [7, 11) is 0. The lowest BCUT2D eigenvalue weighted by atomic mass is 10.2. The first kappa shape index (κ1) is 13.5. The number of rotatable bonds is 5. The molecule has 0 aliphatic carbocycles. The molecule has 108 valence electrons. The SMILES string of the molecule is C=CCOC(=O)Nc1nc2c(s1)CCN(C[C@@H]1CO1)C2. The van der Waals surface area contributed by atoms with Gasteiger partial charge in [-0.15, -0.1) is 11.3 Å². The number of fused-ring (bicyclic) bond motifs is 1. The lowest BCUT2D eigenvalue weighted by Gasteiger charge is -2.24. The first-order chi connectivity index (χ1) is 9.74. The molecule has 1 amide bonds. The topological polar surface area (TPSA) is 67.0 Å². The Morgan fingerprint density at radius 3 is 3.30 bits per heavy atom. The largest absolute Gasteiger partial charge is 0.445 e. The van der Waals surface area contributed by atoms with Gasteiger partial charge in [0, 0.05) is 24.5 Å². The maximum absolute atomic E-state index is 11.5. The second-order valence-electron chi connectivity index (χ2n) is 4.84. The van der Waals surface area contributed by atoms with Gasteiger partial charge in [0.25, 0.3) is 0 Å². The average molecular weight is 295 g/mol. The van der Waals surface area contributed by atoms with E-state index in [9.17, 15) is 4.79 Å². The van der Waals surface area contributed by atoms with E-state index >= 15 is 0 Å². The molecule has 1 N–H and O–H groups in total. The lowest BCUT2D eigenvalue weighted by Crippen LogP contribution is -2.33. The predicted octanol–water partition coefficient (Wildman–Crippen LogP) is 1.63. The molecule has 1 fully saturated rings. The summed E-state index contributed by atoms with van der Waals surface area (Å²) in [4.78, 5) is 19.5. The molecule has 0 bridgehead atoms. The second-order valence-corrected chi connectivity index (χ2v) is 5.93. The monoisotopic (exact) mass is 295 g/mol. The Balaban J connectivity index is 1.57. The first-order valence-corrected chi connectivity index (χ1v) is 7.43. The van der Waals surface area contributed by atoms with Crippen molar-refractivity contribution in [2.75, 3.05) is 31.6 Å². The van der Waals surface area contributed by atoms with E-state index in [-0.39, 0.29) is 6.61 Å². The summed E-state index contributed by atoms with van der Waals surface area (Å²) in [6.07, 6.45) is 2.42. The summed E-state index contributed by atoms with van der Waals surface area (Å²) < 4.78 is 10.1. The molecule has 6 nitrogen and oxygen atoms in total. The van der Waals surface area contributed by atoms with Crippen molar-refractivity contribution < 1.29 is 14.3 Å². The minimum absolute atomic E-state index is 0.200. The van der Waals surface area contributed by atoms with E-state index in [1.165, 1.54) is 22.3 Å². The molecule has 0 aromatic carbocycles. The molecule has 0 saturated carbocycles. The molecule has 2 aliphatic rings. The van der Waals surface area contributed by atoms with Crippen molar-refractivity contribution in [3.8, 4) is 0 Å². The Labute approximate surface area is 121 Å². The predicted molar refractivity (Wildman–Crippen MR) is 76.0 cm³/mol. The zero-order valence-electron chi connectivity index (χ0n) is 11.1. The van der Waals surface area contributed by atoms with Gasteiger partial charge in [-0.25, -0.2) is 9.78 Å². The number of carbonyl (C=O) groups excluding carboxylic acids is 1. The standard InChI is InChI=1S/C13H17N3O3S/c1-2-5-18-13(17)15-12-14-10-7-16(6-9-8-19-9)4-3-11(10)20-12/h2,9H,1,3-8H2,(H,14,15,17)/t9-/m1/s1. The number of epoxide rings is 1. The third kappa shape index (κ3) is 3.36. The fraction of sp³-hybridized carbons (Fsp3) is 0.538. The molecule has 1 aromatic heterocycles. The lowest BCUT2D eigenvalue weighted by molar-refractivity contribution is 0.174. The zero-order chi connectivity index (χ0) is 13.9. The number of nitrogens with one attached hydrogen (secondary N) is 1. The van der Waals surface area contributed by atoms with Crippen molar-refractivity contribution in [1.82, 2.24) is 9.88 Å². The molecule has 0 spiro atoms. The summed E-state index contributed by atoms with van der Waals surface area (Å²) in [5, 5.41) is 3.26. The Bertz CT molecular complexity index is 513. The number of anilines is 1. The van der Waals surface area contributed by atoms with Gasteiger partial charge < -0.3 is 9.47 Å². The molecule has 2 aliphatic heterocycles. The molecule has 1 atom stereocenters. The maximum atomic E-state index is 11.5. The van der Waals surface area contributed by atoms with Crippen molar-refractivity contribution in [2.45, 2.75) is 19.1 Å². The number of nitrogens with zero attached hydrogens (tertiary/aromatic N) is 2. The zero-order valence-corrected chi connectivity index (χ0v) is 11.9. The smallest absolute Gasteiger partial charge is 0.413 e. The number of aromatic nitrogens is 1. The molecule has 0 unspecified atom stereocenters. The van der Waals surface area contributed by atoms with Crippen molar-refractivity contribution in [2.24, 2.45) is 0 Å². The highest BCUT2D eigenvalue weighted by Crippen LogP contribution is 2.29. The van der Waals surface area contributed by atoms with E-state index in [0.717, 1.165) is 38.4 Å². The number of thiazole rings is 1. The van der Waals surface area contributed by atoms with Crippen LogP contribution in [0, 0.1) is 0 Å². The quantitative estimate of drug-likeness (QED) is 0.660. The molecule has 1 saturated heterocycles. The van der Waals surface area contributed by atoms with Crippen LogP contribution in [0.1, 0.15) is 10.6 Å². The van der Waals surface area contributed by atoms with E-state index in [4.69, 9.17) is 9.47 Å². The van der Waals surface area contributed by atoms with Crippen molar-refractivity contribution >= 4 is 22.6 Å². The van der Waals surface area contributed by atoms with Crippen molar-refractivity contribution in [1.29, 1.82) is 0 Å². The highest BCUT2D eigenvalue weighted by molar-refractivity contribution is 7.15. The molecule has 0 radical (unpaired) electrons. The summed E-state index contributed by atoms with van der Waals surface area (Å²) in [5.41, 5.74) is 1.06. The molecular formula is C13H17N3O3S. The summed E-state index contributed by atoms with van der Waals surface area (Å²) in [6, 6.07) is 0. The fourth-order valence-electron chi connectivity index (χ4n) is 2.18. The summed E-state index contributed by atoms with van der Waals surface area (Å²) >= 11 is 1.53. The number of hydrogen-bond acceptors (Lipinski definition) is 6. The fourth-order valence-corrected chi connectivity index (χ4v) is 3.13. The summed E-state index contributed by atoms with van der Waals surface area (Å²) in [6.45, 7) is 7.40. The Hall–Kier alpha value is -1.44. The molecule has 20 heavy (non-hydrogen) atoms. The Morgan fingerprint density at radius 1 is 1.70 bits per heavy atom. The number of hydrogen-bond donors (Lipinski definition) is 1. The number of carbonyl (C=O) groups is 1. The minimum atomic E-state index is -0.487. The van der Waals surface area contributed by atoms with Gasteiger partial charge in [-0.2, -0.15) is 0 Å². The first-order valence-electron chi connectivity index (χ1n) is 6.62. The normalized spacial score (nSPS) is 21.1. The van der Waals surface area contributed by atoms with Crippen LogP contribution in [0.4, 0.5) is 9.93 Å². The van der Waals surface area contributed by atoms with E-state index < -0.39 is 6.09 Å².